The van der Waals surface area contributed by atoms with Gasteiger partial charge >= 0.3 is 0 Å². The molecule has 7 nitrogen and oxygen atoms in total. The standard InChI is InChI=1S/C18H20N4O3S/c23-26(24,14-6-9-15-7-2-1-3-8-15)20-13-11-17-21-22-18(25-17)16-10-4-5-12-19-16/h1-5,7-8,10,12,20H,6,9,11,13-14H2. The van der Waals surface area contributed by atoms with Gasteiger partial charge in [-0.3, -0.25) is 4.98 Å². The molecule has 1 N–H and O–H groups in total. The quantitative estimate of drug-likeness (QED) is 0.618. The highest BCUT2D eigenvalue weighted by molar-refractivity contribution is 7.89. The molecule has 0 spiro atoms. The first kappa shape index (κ1) is 18.2. The highest BCUT2D eigenvalue weighted by Gasteiger charge is 2.12. The number of sulfonamides is 1. The summed E-state index contributed by atoms with van der Waals surface area (Å²) in [7, 11) is -3.32. The molecule has 0 atom stereocenters. The van der Waals surface area contributed by atoms with E-state index in [9.17, 15) is 8.42 Å². The van der Waals surface area contributed by atoms with Gasteiger partial charge in [0.05, 0.1) is 5.75 Å². The van der Waals surface area contributed by atoms with Crippen molar-refractivity contribution in [3.05, 3.63) is 66.2 Å². The molecule has 1 aromatic carbocycles. The summed E-state index contributed by atoms with van der Waals surface area (Å²) >= 11 is 0. The molecule has 0 unspecified atom stereocenters. The van der Waals surface area contributed by atoms with Crippen LogP contribution in [0.2, 0.25) is 0 Å². The lowest BCUT2D eigenvalue weighted by Crippen LogP contribution is -2.28. The Labute approximate surface area is 152 Å². The van der Waals surface area contributed by atoms with Gasteiger partial charge in [-0.15, -0.1) is 10.2 Å². The van der Waals surface area contributed by atoms with Crippen molar-refractivity contribution in [3.8, 4) is 11.6 Å². The van der Waals surface area contributed by atoms with Crippen molar-refractivity contribution in [1.82, 2.24) is 19.9 Å². The Hall–Kier alpha value is -2.58. The zero-order valence-corrected chi connectivity index (χ0v) is 15.0. The third kappa shape index (κ3) is 5.47. The lowest BCUT2D eigenvalue weighted by molar-refractivity contribution is 0.500. The van der Waals surface area contributed by atoms with Crippen LogP contribution in [0, 0.1) is 0 Å². The summed E-state index contributed by atoms with van der Waals surface area (Å²) in [4.78, 5) is 4.13. The Morgan fingerprint density at radius 3 is 2.54 bits per heavy atom. The van der Waals surface area contributed by atoms with E-state index >= 15 is 0 Å². The minimum absolute atomic E-state index is 0.0882. The normalized spacial score (nSPS) is 11.5. The van der Waals surface area contributed by atoms with Crippen molar-refractivity contribution in [2.24, 2.45) is 0 Å². The highest BCUT2D eigenvalue weighted by atomic mass is 32.2. The Kier molecular flexibility index (Phi) is 6.08. The van der Waals surface area contributed by atoms with Crippen molar-refractivity contribution in [3.63, 3.8) is 0 Å². The molecule has 0 bridgehead atoms. The number of hydrogen-bond donors (Lipinski definition) is 1. The lowest BCUT2D eigenvalue weighted by atomic mass is 10.1. The molecule has 0 aliphatic heterocycles. The van der Waals surface area contributed by atoms with Gasteiger partial charge in [0.2, 0.25) is 15.9 Å². The third-order valence-corrected chi connectivity index (χ3v) is 5.20. The SMILES string of the molecule is O=S(=O)(CCCc1ccccc1)NCCc1nnc(-c2ccccn2)o1. The minimum atomic E-state index is -3.32. The smallest absolute Gasteiger partial charge is 0.266 e. The van der Waals surface area contributed by atoms with Gasteiger partial charge in [-0.25, -0.2) is 13.1 Å². The molecule has 0 fully saturated rings. The molecule has 136 valence electrons. The van der Waals surface area contributed by atoms with Crippen molar-refractivity contribution in [2.75, 3.05) is 12.3 Å². The molecule has 0 saturated heterocycles. The fourth-order valence-corrected chi connectivity index (χ4v) is 3.53. The van der Waals surface area contributed by atoms with Crippen LogP contribution < -0.4 is 4.72 Å². The van der Waals surface area contributed by atoms with Gasteiger partial charge in [-0.2, -0.15) is 0 Å². The van der Waals surface area contributed by atoms with Crippen LogP contribution in [0.4, 0.5) is 0 Å². The summed E-state index contributed by atoms with van der Waals surface area (Å²) in [5, 5.41) is 7.85. The van der Waals surface area contributed by atoms with E-state index in [1.54, 1.807) is 18.3 Å². The summed E-state index contributed by atoms with van der Waals surface area (Å²) in [5.74, 6) is 0.786. The number of nitrogens with zero attached hydrogens (tertiary/aromatic N) is 3. The van der Waals surface area contributed by atoms with Crippen molar-refractivity contribution >= 4 is 10.0 Å². The van der Waals surface area contributed by atoms with Crippen LogP contribution in [0.3, 0.4) is 0 Å². The molecule has 2 heterocycles. The maximum atomic E-state index is 12.0. The molecular formula is C18H20N4O3S. The highest BCUT2D eigenvalue weighted by Crippen LogP contribution is 2.14. The first-order valence-corrected chi connectivity index (χ1v) is 10.0. The third-order valence-electron chi connectivity index (χ3n) is 3.73. The van der Waals surface area contributed by atoms with E-state index in [0.717, 1.165) is 12.0 Å². The predicted octanol–water partition coefficient (Wildman–Crippen LogP) is 2.23. The second kappa shape index (κ2) is 8.68. The molecule has 8 heteroatoms. The summed E-state index contributed by atoms with van der Waals surface area (Å²) in [6.07, 6.45) is 3.28. The number of nitrogens with one attached hydrogen (secondary N) is 1. The largest absolute Gasteiger partial charge is 0.419 e. The molecule has 0 aliphatic carbocycles. The Balaban J connectivity index is 1.43. The predicted molar refractivity (Wildman–Crippen MR) is 97.8 cm³/mol. The Bertz CT molecular complexity index is 912. The van der Waals surface area contributed by atoms with Crippen LogP contribution in [-0.2, 0) is 22.9 Å². The van der Waals surface area contributed by atoms with Crippen LogP contribution in [0.1, 0.15) is 17.9 Å². The monoisotopic (exact) mass is 372 g/mol. The number of hydrogen-bond acceptors (Lipinski definition) is 6. The van der Waals surface area contributed by atoms with Crippen LogP contribution >= 0.6 is 0 Å². The fourth-order valence-electron chi connectivity index (χ4n) is 2.44. The van der Waals surface area contributed by atoms with E-state index in [1.165, 1.54) is 0 Å². The van der Waals surface area contributed by atoms with E-state index in [-0.39, 0.29) is 12.3 Å². The first-order valence-electron chi connectivity index (χ1n) is 8.37. The van der Waals surface area contributed by atoms with Gasteiger partial charge in [0.25, 0.3) is 5.89 Å². The first-order chi connectivity index (χ1) is 12.6. The number of rotatable bonds is 9. The Morgan fingerprint density at radius 1 is 0.962 bits per heavy atom. The van der Waals surface area contributed by atoms with Crippen molar-refractivity contribution in [2.45, 2.75) is 19.3 Å². The van der Waals surface area contributed by atoms with Crippen molar-refractivity contribution in [1.29, 1.82) is 0 Å². The number of aryl methyl sites for hydroxylation is 1. The van der Waals surface area contributed by atoms with Crippen LogP contribution in [0.25, 0.3) is 11.6 Å². The average Bonchev–Trinajstić information content (AvgIpc) is 3.12. The number of benzene rings is 1. The van der Waals surface area contributed by atoms with E-state index in [4.69, 9.17) is 4.42 Å². The van der Waals surface area contributed by atoms with Gasteiger partial charge < -0.3 is 4.42 Å². The molecule has 0 saturated carbocycles. The molecule has 26 heavy (non-hydrogen) atoms. The summed E-state index contributed by atoms with van der Waals surface area (Å²) in [5.41, 5.74) is 1.73. The molecule has 0 radical (unpaired) electrons. The van der Waals surface area contributed by atoms with Crippen LogP contribution in [0.15, 0.2) is 59.1 Å². The van der Waals surface area contributed by atoms with Crippen LogP contribution in [-0.4, -0.2) is 35.9 Å². The van der Waals surface area contributed by atoms with Crippen LogP contribution in [0.5, 0.6) is 0 Å². The Morgan fingerprint density at radius 2 is 1.77 bits per heavy atom. The summed E-state index contributed by atoms with van der Waals surface area (Å²) in [6, 6.07) is 15.2. The van der Waals surface area contributed by atoms with E-state index < -0.39 is 10.0 Å². The minimum Gasteiger partial charge on any atom is -0.419 e. The second-order valence-corrected chi connectivity index (χ2v) is 7.69. The average molecular weight is 372 g/mol. The maximum Gasteiger partial charge on any atom is 0.266 e. The van der Waals surface area contributed by atoms with Gasteiger partial charge in [0, 0.05) is 19.2 Å². The van der Waals surface area contributed by atoms with Crippen molar-refractivity contribution < 1.29 is 12.8 Å². The molecule has 3 aromatic rings. The van der Waals surface area contributed by atoms with Gasteiger partial charge in [0.1, 0.15) is 5.69 Å². The van der Waals surface area contributed by atoms with Gasteiger partial charge in [-0.1, -0.05) is 36.4 Å². The zero-order valence-electron chi connectivity index (χ0n) is 14.2. The van der Waals surface area contributed by atoms with Gasteiger partial charge in [0.15, 0.2) is 0 Å². The van der Waals surface area contributed by atoms with E-state index in [2.05, 4.69) is 19.9 Å². The zero-order chi connectivity index (χ0) is 18.2. The number of aromatic nitrogens is 3. The lowest BCUT2D eigenvalue weighted by Gasteiger charge is -2.05. The van der Waals surface area contributed by atoms with E-state index in [0.29, 0.717) is 30.3 Å². The molecular weight excluding hydrogens is 352 g/mol. The number of pyridine rings is 1. The molecule has 3 rings (SSSR count). The van der Waals surface area contributed by atoms with Gasteiger partial charge in [-0.05, 0) is 30.5 Å². The fraction of sp³-hybridized carbons (Fsp3) is 0.278. The second-order valence-electron chi connectivity index (χ2n) is 5.77. The molecule has 2 aromatic heterocycles. The summed E-state index contributed by atoms with van der Waals surface area (Å²) < 4.78 is 32.2. The maximum absolute atomic E-state index is 12.0. The molecule has 0 aliphatic rings. The van der Waals surface area contributed by atoms with E-state index in [1.807, 2.05) is 36.4 Å². The molecule has 0 amide bonds. The summed E-state index contributed by atoms with van der Waals surface area (Å²) in [6.45, 7) is 0.220. The topological polar surface area (TPSA) is 98.0 Å².